The van der Waals surface area contributed by atoms with Gasteiger partial charge in [-0.05, 0) is 37.6 Å². The Kier molecular flexibility index (Phi) is 5.23. The van der Waals surface area contributed by atoms with E-state index in [1.54, 1.807) is 7.11 Å². The van der Waals surface area contributed by atoms with Gasteiger partial charge in [0.05, 0.1) is 13.7 Å². The largest absolute Gasteiger partial charge is 0.496 e. The highest BCUT2D eigenvalue weighted by molar-refractivity contribution is 5.37. The van der Waals surface area contributed by atoms with Crippen molar-refractivity contribution in [1.29, 1.82) is 0 Å². The van der Waals surface area contributed by atoms with Crippen LogP contribution in [0, 0.1) is 0 Å². The highest BCUT2D eigenvalue weighted by Gasteiger charge is 2.19. The van der Waals surface area contributed by atoms with Crippen LogP contribution < -0.4 is 4.74 Å². The van der Waals surface area contributed by atoms with Gasteiger partial charge in [0.2, 0.25) is 0 Å². The smallest absolute Gasteiger partial charge is 0.123 e. The first-order valence-electron chi connectivity index (χ1n) is 7.21. The van der Waals surface area contributed by atoms with Crippen molar-refractivity contribution in [1.82, 2.24) is 4.90 Å². The molecule has 0 bridgehead atoms. The molecule has 0 radical (unpaired) electrons. The molecule has 1 aromatic rings. The zero-order valence-electron chi connectivity index (χ0n) is 12.1. The van der Waals surface area contributed by atoms with Gasteiger partial charge in [0.1, 0.15) is 5.75 Å². The summed E-state index contributed by atoms with van der Waals surface area (Å²) in [5.74, 6) is 0.917. The quantitative estimate of drug-likeness (QED) is 0.886. The molecule has 0 aromatic heterocycles. The lowest BCUT2D eigenvalue weighted by molar-refractivity contribution is 0.182. The van der Waals surface area contributed by atoms with Gasteiger partial charge in [-0.25, -0.2) is 0 Å². The number of ether oxygens (including phenoxy) is 1. The molecule has 2 rings (SSSR count). The third kappa shape index (κ3) is 3.71. The Morgan fingerprint density at radius 1 is 1.26 bits per heavy atom. The van der Waals surface area contributed by atoms with Crippen molar-refractivity contribution in [2.24, 2.45) is 0 Å². The van der Waals surface area contributed by atoms with Crippen LogP contribution in [0.1, 0.15) is 43.2 Å². The number of nitrogens with zero attached hydrogens (tertiary/aromatic N) is 1. The van der Waals surface area contributed by atoms with E-state index in [4.69, 9.17) is 4.74 Å². The fraction of sp³-hybridized carbons (Fsp3) is 0.625. The number of hydrogen-bond donors (Lipinski definition) is 1. The van der Waals surface area contributed by atoms with Crippen molar-refractivity contribution >= 4 is 0 Å². The highest BCUT2D eigenvalue weighted by Crippen LogP contribution is 2.26. The summed E-state index contributed by atoms with van der Waals surface area (Å²) in [6.45, 7) is 0.978. The molecule has 0 spiro atoms. The van der Waals surface area contributed by atoms with E-state index in [-0.39, 0.29) is 6.61 Å². The summed E-state index contributed by atoms with van der Waals surface area (Å²) in [5, 5.41) is 9.25. The van der Waals surface area contributed by atoms with Crippen LogP contribution in [0.2, 0.25) is 0 Å². The third-order valence-electron chi connectivity index (χ3n) is 4.15. The van der Waals surface area contributed by atoms with Gasteiger partial charge in [-0.15, -0.1) is 0 Å². The minimum atomic E-state index is 0.0874. The number of aliphatic hydroxyl groups excluding tert-OH is 1. The maximum Gasteiger partial charge on any atom is 0.123 e. The fourth-order valence-corrected chi connectivity index (χ4v) is 2.97. The summed E-state index contributed by atoms with van der Waals surface area (Å²) in [5.41, 5.74) is 2.12. The maximum absolute atomic E-state index is 9.25. The van der Waals surface area contributed by atoms with E-state index < -0.39 is 0 Å². The molecule has 1 aromatic carbocycles. The number of methoxy groups -OCH3 is 1. The van der Waals surface area contributed by atoms with Crippen molar-refractivity contribution < 1.29 is 9.84 Å². The Hall–Kier alpha value is -1.06. The molecular formula is C16H25NO2. The van der Waals surface area contributed by atoms with E-state index in [1.807, 2.05) is 12.1 Å². The van der Waals surface area contributed by atoms with Gasteiger partial charge < -0.3 is 9.84 Å². The first-order valence-corrected chi connectivity index (χ1v) is 7.21. The molecule has 19 heavy (non-hydrogen) atoms. The van der Waals surface area contributed by atoms with E-state index in [1.165, 1.54) is 37.7 Å². The molecular weight excluding hydrogens is 238 g/mol. The third-order valence-corrected chi connectivity index (χ3v) is 4.15. The molecule has 0 aliphatic heterocycles. The van der Waals surface area contributed by atoms with Crippen molar-refractivity contribution in [3.05, 3.63) is 29.3 Å². The SMILES string of the molecule is COc1ccc(CO)cc1CN(C)C1CCCCC1. The molecule has 3 nitrogen and oxygen atoms in total. The molecule has 1 aliphatic rings. The Balaban J connectivity index is 2.07. The zero-order chi connectivity index (χ0) is 13.7. The number of aliphatic hydroxyl groups is 1. The molecule has 1 saturated carbocycles. The Morgan fingerprint density at radius 3 is 2.63 bits per heavy atom. The van der Waals surface area contributed by atoms with Gasteiger partial charge in [-0.3, -0.25) is 4.90 Å². The standard InChI is InChI=1S/C16H25NO2/c1-17(15-6-4-3-5-7-15)11-14-10-13(12-18)8-9-16(14)19-2/h8-10,15,18H,3-7,11-12H2,1-2H3. The van der Waals surface area contributed by atoms with E-state index in [2.05, 4.69) is 18.0 Å². The number of rotatable bonds is 5. The van der Waals surface area contributed by atoms with Crippen LogP contribution >= 0.6 is 0 Å². The summed E-state index contributed by atoms with van der Waals surface area (Å²) >= 11 is 0. The van der Waals surface area contributed by atoms with Gasteiger partial charge >= 0.3 is 0 Å². The second-order valence-electron chi connectivity index (χ2n) is 5.51. The highest BCUT2D eigenvalue weighted by atomic mass is 16.5. The van der Waals surface area contributed by atoms with Crippen LogP contribution in [0.3, 0.4) is 0 Å². The van der Waals surface area contributed by atoms with E-state index in [0.717, 1.165) is 17.9 Å². The van der Waals surface area contributed by atoms with Gasteiger partial charge in [-0.2, -0.15) is 0 Å². The lowest BCUT2D eigenvalue weighted by Gasteiger charge is -2.31. The first-order chi connectivity index (χ1) is 9.24. The molecule has 3 heteroatoms. The van der Waals surface area contributed by atoms with Gasteiger partial charge in [0.25, 0.3) is 0 Å². The summed E-state index contributed by atoms with van der Waals surface area (Å²) in [7, 11) is 3.90. The topological polar surface area (TPSA) is 32.7 Å². The summed E-state index contributed by atoms with van der Waals surface area (Å²) in [6.07, 6.45) is 6.69. The molecule has 0 heterocycles. The molecule has 1 fully saturated rings. The van der Waals surface area contributed by atoms with Gasteiger partial charge in [0, 0.05) is 18.2 Å². The molecule has 1 aliphatic carbocycles. The van der Waals surface area contributed by atoms with Crippen molar-refractivity contribution in [3.8, 4) is 5.75 Å². The molecule has 0 saturated heterocycles. The first kappa shape index (κ1) is 14.4. The molecule has 0 amide bonds. The lowest BCUT2D eigenvalue weighted by atomic mass is 9.94. The Labute approximate surface area is 116 Å². The fourth-order valence-electron chi connectivity index (χ4n) is 2.97. The van der Waals surface area contributed by atoms with Crippen LogP contribution in [-0.4, -0.2) is 30.2 Å². The summed E-state index contributed by atoms with van der Waals surface area (Å²) in [4.78, 5) is 2.43. The van der Waals surface area contributed by atoms with Gasteiger partial charge in [-0.1, -0.05) is 25.3 Å². The van der Waals surface area contributed by atoms with E-state index in [0.29, 0.717) is 6.04 Å². The van der Waals surface area contributed by atoms with Crippen LogP contribution in [-0.2, 0) is 13.2 Å². The maximum atomic E-state index is 9.25. The summed E-state index contributed by atoms with van der Waals surface area (Å²) < 4.78 is 5.42. The van der Waals surface area contributed by atoms with E-state index in [9.17, 15) is 5.11 Å². The van der Waals surface area contributed by atoms with Crippen molar-refractivity contribution in [2.45, 2.75) is 51.3 Å². The second kappa shape index (κ2) is 6.92. The predicted molar refractivity (Wildman–Crippen MR) is 77.3 cm³/mol. The minimum absolute atomic E-state index is 0.0874. The van der Waals surface area contributed by atoms with Crippen molar-refractivity contribution in [2.75, 3.05) is 14.2 Å². The number of hydrogen-bond acceptors (Lipinski definition) is 3. The van der Waals surface area contributed by atoms with E-state index >= 15 is 0 Å². The molecule has 106 valence electrons. The molecule has 1 N–H and O–H groups in total. The van der Waals surface area contributed by atoms with Crippen LogP contribution in [0.25, 0.3) is 0 Å². The van der Waals surface area contributed by atoms with Gasteiger partial charge in [0.15, 0.2) is 0 Å². The zero-order valence-corrected chi connectivity index (χ0v) is 12.1. The predicted octanol–water partition coefficient (Wildman–Crippen LogP) is 2.95. The normalized spacial score (nSPS) is 16.8. The minimum Gasteiger partial charge on any atom is -0.496 e. The Bertz CT molecular complexity index is 400. The Morgan fingerprint density at radius 2 is 2.00 bits per heavy atom. The molecule has 0 atom stereocenters. The average Bonchev–Trinajstić information content (AvgIpc) is 2.48. The van der Waals surface area contributed by atoms with Crippen LogP contribution in [0.5, 0.6) is 5.75 Å². The number of benzene rings is 1. The molecule has 0 unspecified atom stereocenters. The lowest BCUT2D eigenvalue weighted by Crippen LogP contribution is -2.33. The van der Waals surface area contributed by atoms with Crippen molar-refractivity contribution in [3.63, 3.8) is 0 Å². The second-order valence-corrected chi connectivity index (χ2v) is 5.51. The summed E-state index contributed by atoms with van der Waals surface area (Å²) in [6, 6.07) is 6.62. The van der Waals surface area contributed by atoms with Crippen LogP contribution in [0.15, 0.2) is 18.2 Å². The van der Waals surface area contributed by atoms with Crippen LogP contribution in [0.4, 0.5) is 0 Å². The monoisotopic (exact) mass is 263 g/mol. The average molecular weight is 263 g/mol.